The molecule has 1 aromatic heterocycles. The normalized spacial score (nSPS) is 11.9. The number of benzene rings is 1. The molecule has 7 heteroatoms. The maximum Gasteiger partial charge on any atom is 0.238 e. The molecule has 0 aliphatic carbocycles. The lowest BCUT2D eigenvalue weighted by Crippen LogP contribution is -2.30. The number of rotatable bonds is 6. The zero-order chi connectivity index (χ0) is 13.9. The number of ether oxygens (including phenoxy) is 1. The SMILES string of the molecule is CCOCCS(=O)(=O)N(C)c1nc2ccccc2s1. The van der Waals surface area contributed by atoms with Gasteiger partial charge in [0.05, 0.1) is 22.6 Å². The highest BCUT2D eigenvalue weighted by Crippen LogP contribution is 2.29. The topological polar surface area (TPSA) is 59.5 Å². The van der Waals surface area contributed by atoms with Gasteiger partial charge in [-0.15, -0.1) is 0 Å². The molecule has 0 atom stereocenters. The quantitative estimate of drug-likeness (QED) is 0.767. The van der Waals surface area contributed by atoms with E-state index in [1.807, 2.05) is 31.2 Å². The third-order valence-electron chi connectivity index (χ3n) is 2.66. The second kappa shape index (κ2) is 5.85. The number of sulfonamides is 1. The number of fused-ring (bicyclic) bond motifs is 1. The minimum absolute atomic E-state index is 0.0345. The van der Waals surface area contributed by atoms with E-state index < -0.39 is 10.0 Å². The van der Waals surface area contributed by atoms with Gasteiger partial charge in [-0.25, -0.2) is 17.7 Å². The van der Waals surface area contributed by atoms with Crippen molar-refractivity contribution in [2.45, 2.75) is 6.92 Å². The minimum atomic E-state index is -3.38. The maximum absolute atomic E-state index is 12.1. The summed E-state index contributed by atoms with van der Waals surface area (Å²) in [6, 6.07) is 7.59. The van der Waals surface area contributed by atoms with E-state index in [1.165, 1.54) is 22.7 Å². The standard InChI is InChI=1S/C12H16N2O3S2/c1-3-17-8-9-19(15,16)14(2)12-13-10-6-4-5-7-11(10)18-12/h4-7H,3,8-9H2,1-2H3. The largest absolute Gasteiger partial charge is 0.381 e. The van der Waals surface area contributed by atoms with Crippen LogP contribution in [-0.4, -0.2) is 39.4 Å². The summed E-state index contributed by atoms with van der Waals surface area (Å²) in [6.07, 6.45) is 0. The molecule has 2 rings (SSSR count). The molecule has 0 radical (unpaired) electrons. The van der Waals surface area contributed by atoms with Gasteiger partial charge in [0.2, 0.25) is 10.0 Å². The van der Waals surface area contributed by atoms with Gasteiger partial charge >= 0.3 is 0 Å². The van der Waals surface area contributed by atoms with Crippen LogP contribution in [0.4, 0.5) is 5.13 Å². The Morgan fingerprint density at radius 3 is 2.79 bits per heavy atom. The molecule has 0 aliphatic rings. The number of anilines is 1. The van der Waals surface area contributed by atoms with Gasteiger partial charge in [-0.2, -0.15) is 0 Å². The fourth-order valence-electron chi connectivity index (χ4n) is 1.56. The fourth-order valence-corrected chi connectivity index (χ4v) is 3.73. The summed E-state index contributed by atoms with van der Waals surface area (Å²) in [4.78, 5) is 4.33. The molecule has 0 saturated heterocycles. The number of hydrogen-bond acceptors (Lipinski definition) is 5. The highest BCUT2D eigenvalue weighted by molar-refractivity contribution is 7.93. The van der Waals surface area contributed by atoms with Crippen LogP contribution in [0, 0.1) is 0 Å². The van der Waals surface area contributed by atoms with Crippen molar-refractivity contribution >= 4 is 36.7 Å². The van der Waals surface area contributed by atoms with Crippen LogP contribution < -0.4 is 4.31 Å². The van der Waals surface area contributed by atoms with Crippen LogP contribution >= 0.6 is 11.3 Å². The number of aromatic nitrogens is 1. The van der Waals surface area contributed by atoms with Gasteiger partial charge in [0.25, 0.3) is 0 Å². The van der Waals surface area contributed by atoms with Crippen LogP contribution in [0.3, 0.4) is 0 Å². The van der Waals surface area contributed by atoms with E-state index in [1.54, 1.807) is 0 Å². The predicted octanol–water partition coefficient (Wildman–Crippen LogP) is 2.10. The van der Waals surface area contributed by atoms with Gasteiger partial charge in [0.1, 0.15) is 0 Å². The molecule has 0 fully saturated rings. The summed E-state index contributed by atoms with van der Waals surface area (Å²) < 4.78 is 31.5. The molecule has 1 heterocycles. The molecular weight excluding hydrogens is 284 g/mol. The Labute approximate surface area is 116 Å². The molecule has 0 saturated carbocycles. The van der Waals surface area contributed by atoms with E-state index in [-0.39, 0.29) is 12.4 Å². The van der Waals surface area contributed by atoms with Crippen molar-refractivity contribution in [3.8, 4) is 0 Å². The summed E-state index contributed by atoms with van der Waals surface area (Å²) in [7, 11) is -1.85. The lowest BCUT2D eigenvalue weighted by atomic mass is 10.3. The van der Waals surface area contributed by atoms with Crippen molar-refractivity contribution in [2.75, 3.05) is 30.3 Å². The van der Waals surface area contributed by atoms with Gasteiger partial charge in [0.15, 0.2) is 5.13 Å². The Balaban J connectivity index is 2.20. The Bertz CT molecular complexity index is 619. The van der Waals surface area contributed by atoms with Crippen LogP contribution in [0.5, 0.6) is 0 Å². The van der Waals surface area contributed by atoms with Crippen LogP contribution in [0.1, 0.15) is 6.92 Å². The predicted molar refractivity (Wildman–Crippen MR) is 78.3 cm³/mol. The Morgan fingerprint density at radius 1 is 1.37 bits per heavy atom. The first-order valence-electron chi connectivity index (χ1n) is 5.94. The summed E-state index contributed by atoms with van der Waals surface area (Å²) in [5.74, 6) is -0.0345. The molecule has 19 heavy (non-hydrogen) atoms. The van der Waals surface area contributed by atoms with E-state index in [2.05, 4.69) is 4.98 Å². The van der Waals surface area contributed by atoms with E-state index in [0.29, 0.717) is 11.7 Å². The van der Waals surface area contributed by atoms with Gasteiger partial charge in [-0.3, -0.25) is 0 Å². The molecule has 0 bridgehead atoms. The third kappa shape index (κ3) is 3.23. The number of nitrogens with zero attached hydrogens (tertiary/aromatic N) is 2. The van der Waals surface area contributed by atoms with E-state index >= 15 is 0 Å². The van der Waals surface area contributed by atoms with E-state index in [9.17, 15) is 8.42 Å². The smallest absolute Gasteiger partial charge is 0.238 e. The Hall–Kier alpha value is -1.18. The van der Waals surface area contributed by atoms with Crippen molar-refractivity contribution in [1.29, 1.82) is 0 Å². The Kier molecular flexibility index (Phi) is 4.38. The van der Waals surface area contributed by atoms with Gasteiger partial charge in [-0.1, -0.05) is 23.5 Å². The molecule has 0 N–H and O–H groups in total. The first-order chi connectivity index (χ1) is 9.04. The number of hydrogen-bond donors (Lipinski definition) is 0. The Morgan fingerprint density at radius 2 is 2.11 bits per heavy atom. The first-order valence-corrected chi connectivity index (χ1v) is 8.37. The molecular formula is C12H16N2O3S2. The fraction of sp³-hybridized carbons (Fsp3) is 0.417. The van der Waals surface area contributed by atoms with Crippen LogP contribution in [0.25, 0.3) is 10.2 Å². The minimum Gasteiger partial charge on any atom is -0.381 e. The summed E-state index contributed by atoms with van der Waals surface area (Å²) in [5.41, 5.74) is 0.814. The number of thiazole rings is 1. The summed E-state index contributed by atoms with van der Waals surface area (Å²) in [5, 5.41) is 0.484. The zero-order valence-electron chi connectivity index (χ0n) is 10.9. The van der Waals surface area contributed by atoms with Crippen molar-refractivity contribution in [2.24, 2.45) is 0 Å². The molecule has 5 nitrogen and oxygen atoms in total. The second-order valence-corrected chi connectivity index (χ2v) is 7.07. The van der Waals surface area contributed by atoms with Gasteiger partial charge in [0, 0.05) is 13.7 Å². The van der Waals surface area contributed by atoms with Crippen LogP contribution in [-0.2, 0) is 14.8 Å². The lowest BCUT2D eigenvalue weighted by molar-refractivity contribution is 0.163. The number of para-hydroxylation sites is 1. The molecule has 0 spiro atoms. The monoisotopic (exact) mass is 300 g/mol. The molecule has 0 unspecified atom stereocenters. The molecule has 2 aromatic rings. The lowest BCUT2D eigenvalue weighted by Gasteiger charge is -2.15. The molecule has 0 amide bonds. The van der Waals surface area contributed by atoms with Crippen molar-refractivity contribution in [3.05, 3.63) is 24.3 Å². The van der Waals surface area contributed by atoms with Crippen molar-refractivity contribution in [3.63, 3.8) is 0 Å². The maximum atomic E-state index is 12.1. The highest BCUT2D eigenvalue weighted by atomic mass is 32.2. The highest BCUT2D eigenvalue weighted by Gasteiger charge is 2.21. The average molecular weight is 300 g/mol. The van der Waals surface area contributed by atoms with Gasteiger partial charge < -0.3 is 4.74 Å². The third-order valence-corrected chi connectivity index (χ3v) is 5.58. The van der Waals surface area contributed by atoms with Crippen molar-refractivity contribution in [1.82, 2.24) is 4.98 Å². The van der Waals surface area contributed by atoms with E-state index in [4.69, 9.17) is 4.74 Å². The van der Waals surface area contributed by atoms with Crippen LogP contribution in [0.2, 0.25) is 0 Å². The van der Waals surface area contributed by atoms with Crippen LogP contribution in [0.15, 0.2) is 24.3 Å². The first kappa shape index (κ1) is 14.2. The van der Waals surface area contributed by atoms with Crippen molar-refractivity contribution < 1.29 is 13.2 Å². The average Bonchev–Trinajstić information content (AvgIpc) is 2.81. The molecule has 104 valence electrons. The molecule has 0 aliphatic heterocycles. The molecule has 1 aromatic carbocycles. The summed E-state index contributed by atoms with van der Waals surface area (Å²) in [6.45, 7) is 2.55. The second-order valence-electron chi connectivity index (χ2n) is 3.94. The zero-order valence-corrected chi connectivity index (χ0v) is 12.5. The summed E-state index contributed by atoms with van der Waals surface area (Å²) >= 11 is 1.37. The van der Waals surface area contributed by atoms with Gasteiger partial charge in [-0.05, 0) is 19.1 Å². The van der Waals surface area contributed by atoms with E-state index in [0.717, 1.165) is 10.2 Å².